The Morgan fingerprint density at radius 2 is 1.81 bits per heavy atom. The molecular formula is C26H33FN2O3. The van der Waals surface area contributed by atoms with Gasteiger partial charge in [-0.1, -0.05) is 19.1 Å². The van der Waals surface area contributed by atoms with Crippen molar-refractivity contribution in [3.8, 4) is 11.5 Å². The summed E-state index contributed by atoms with van der Waals surface area (Å²) in [6, 6.07) is 11.3. The molecule has 0 aliphatic carbocycles. The van der Waals surface area contributed by atoms with Gasteiger partial charge in [-0.15, -0.1) is 0 Å². The van der Waals surface area contributed by atoms with Crippen molar-refractivity contribution in [2.24, 2.45) is 0 Å². The van der Waals surface area contributed by atoms with E-state index in [0.717, 1.165) is 80.6 Å². The predicted octanol–water partition coefficient (Wildman–Crippen LogP) is 4.71. The minimum atomic E-state index is -0.215. The molecule has 0 saturated carbocycles. The van der Waals surface area contributed by atoms with Crippen LogP contribution in [0.15, 0.2) is 36.4 Å². The quantitative estimate of drug-likeness (QED) is 0.564. The van der Waals surface area contributed by atoms with E-state index in [9.17, 15) is 4.39 Å². The van der Waals surface area contributed by atoms with Crippen molar-refractivity contribution in [1.29, 1.82) is 0 Å². The number of halogens is 1. The van der Waals surface area contributed by atoms with E-state index in [2.05, 4.69) is 16.7 Å². The monoisotopic (exact) mass is 440 g/mol. The van der Waals surface area contributed by atoms with Gasteiger partial charge in [0.1, 0.15) is 17.3 Å². The van der Waals surface area contributed by atoms with Gasteiger partial charge in [-0.05, 0) is 54.3 Å². The van der Waals surface area contributed by atoms with Crippen LogP contribution in [0, 0.1) is 5.82 Å². The van der Waals surface area contributed by atoms with Crippen LogP contribution in [0.1, 0.15) is 30.9 Å². The highest BCUT2D eigenvalue weighted by molar-refractivity contribution is 5.93. The average Bonchev–Trinajstić information content (AvgIpc) is 2.84. The summed E-state index contributed by atoms with van der Waals surface area (Å²) in [5.74, 6) is 1.36. The van der Waals surface area contributed by atoms with E-state index >= 15 is 0 Å². The first-order chi connectivity index (χ1) is 15.7. The van der Waals surface area contributed by atoms with Gasteiger partial charge in [0.25, 0.3) is 0 Å². The van der Waals surface area contributed by atoms with Gasteiger partial charge in [0, 0.05) is 38.3 Å². The van der Waals surface area contributed by atoms with Gasteiger partial charge in [0.15, 0.2) is 0 Å². The number of rotatable bonds is 9. The van der Waals surface area contributed by atoms with E-state index in [0.29, 0.717) is 18.7 Å². The molecule has 172 valence electrons. The molecule has 0 radical (unpaired) electrons. The Morgan fingerprint density at radius 3 is 2.53 bits per heavy atom. The third-order valence-electron chi connectivity index (χ3n) is 6.05. The zero-order chi connectivity index (χ0) is 22.3. The van der Waals surface area contributed by atoms with E-state index in [1.54, 1.807) is 13.2 Å². The highest BCUT2D eigenvalue weighted by Gasteiger charge is 2.25. The maximum absolute atomic E-state index is 15.0. The standard InChI is InChI=1S/C26H33FN2O3/c1-3-15-32-25-10-9-24(27)23-18-21(20-5-7-22(30-2)8-6-20)19-29(26(23)25)12-4-11-28-13-16-31-17-14-28/h5-10,18H,3-4,11-17,19H2,1-2H3. The first kappa shape index (κ1) is 22.6. The molecular weight excluding hydrogens is 407 g/mol. The summed E-state index contributed by atoms with van der Waals surface area (Å²) in [5.41, 5.74) is 3.66. The number of nitrogens with zero attached hydrogens (tertiary/aromatic N) is 2. The molecule has 32 heavy (non-hydrogen) atoms. The highest BCUT2D eigenvalue weighted by Crippen LogP contribution is 2.41. The maximum Gasteiger partial charge on any atom is 0.143 e. The second-order valence-electron chi connectivity index (χ2n) is 8.28. The summed E-state index contributed by atoms with van der Waals surface area (Å²) in [6.45, 7) is 8.83. The lowest BCUT2D eigenvalue weighted by Crippen LogP contribution is -2.38. The Bertz CT molecular complexity index is 923. The summed E-state index contributed by atoms with van der Waals surface area (Å²) in [5, 5.41) is 0. The molecule has 2 aromatic carbocycles. The maximum atomic E-state index is 15.0. The van der Waals surface area contributed by atoms with Crippen molar-refractivity contribution in [1.82, 2.24) is 4.90 Å². The van der Waals surface area contributed by atoms with Crippen LogP contribution in [0.3, 0.4) is 0 Å². The first-order valence-electron chi connectivity index (χ1n) is 11.5. The number of fused-ring (bicyclic) bond motifs is 1. The fraction of sp³-hybridized carbons (Fsp3) is 0.462. The van der Waals surface area contributed by atoms with Crippen LogP contribution < -0.4 is 14.4 Å². The Morgan fingerprint density at radius 1 is 1.03 bits per heavy atom. The lowest BCUT2D eigenvalue weighted by molar-refractivity contribution is 0.0376. The molecule has 2 aromatic rings. The molecule has 0 spiro atoms. The lowest BCUT2D eigenvalue weighted by Gasteiger charge is -2.34. The largest absolute Gasteiger partial charge is 0.497 e. The fourth-order valence-electron chi connectivity index (χ4n) is 4.34. The van der Waals surface area contributed by atoms with Gasteiger partial charge in [0.2, 0.25) is 0 Å². The number of ether oxygens (including phenoxy) is 3. The molecule has 0 N–H and O–H groups in total. The van der Waals surface area contributed by atoms with Crippen LogP contribution >= 0.6 is 0 Å². The van der Waals surface area contributed by atoms with Crippen LogP contribution in [-0.2, 0) is 4.74 Å². The third kappa shape index (κ3) is 5.25. The molecule has 5 nitrogen and oxygen atoms in total. The second-order valence-corrected chi connectivity index (χ2v) is 8.28. The molecule has 0 atom stereocenters. The molecule has 0 amide bonds. The van der Waals surface area contributed by atoms with E-state index in [4.69, 9.17) is 14.2 Å². The summed E-state index contributed by atoms with van der Waals surface area (Å²) in [7, 11) is 1.66. The third-order valence-corrected chi connectivity index (χ3v) is 6.05. The van der Waals surface area contributed by atoms with Gasteiger partial charge in [-0.25, -0.2) is 4.39 Å². The summed E-state index contributed by atoms with van der Waals surface area (Å²) < 4.78 is 31.8. The normalized spacial score (nSPS) is 16.5. The van der Waals surface area contributed by atoms with Gasteiger partial charge < -0.3 is 19.1 Å². The Balaban J connectivity index is 1.61. The molecule has 1 saturated heterocycles. The van der Waals surface area contributed by atoms with Gasteiger partial charge in [0.05, 0.1) is 32.6 Å². The summed E-state index contributed by atoms with van der Waals surface area (Å²) in [6.07, 6.45) is 3.89. The molecule has 2 heterocycles. The minimum Gasteiger partial charge on any atom is -0.497 e. The molecule has 0 bridgehead atoms. The Hall–Kier alpha value is -2.57. The second kappa shape index (κ2) is 10.8. The smallest absolute Gasteiger partial charge is 0.143 e. The van der Waals surface area contributed by atoms with Gasteiger partial charge in [-0.2, -0.15) is 0 Å². The van der Waals surface area contributed by atoms with Crippen LogP contribution in [0.25, 0.3) is 11.6 Å². The van der Waals surface area contributed by atoms with Crippen molar-refractivity contribution < 1.29 is 18.6 Å². The van der Waals surface area contributed by atoms with E-state index in [1.165, 1.54) is 6.07 Å². The summed E-state index contributed by atoms with van der Waals surface area (Å²) in [4.78, 5) is 4.72. The Kier molecular flexibility index (Phi) is 7.66. The number of benzene rings is 2. The van der Waals surface area contributed by atoms with Crippen molar-refractivity contribution in [2.75, 3.05) is 64.6 Å². The van der Waals surface area contributed by atoms with E-state index < -0.39 is 0 Å². The van der Waals surface area contributed by atoms with E-state index in [-0.39, 0.29) is 5.82 Å². The van der Waals surface area contributed by atoms with Crippen LogP contribution in [-0.4, -0.2) is 64.6 Å². The molecule has 2 aliphatic rings. The molecule has 1 fully saturated rings. The fourth-order valence-corrected chi connectivity index (χ4v) is 4.34. The minimum absolute atomic E-state index is 0.215. The average molecular weight is 441 g/mol. The lowest BCUT2D eigenvalue weighted by atomic mass is 9.96. The number of anilines is 1. The van der Waals surface area contributed by atoms with Crippen molar-refractivity contribution in [3.63, 3.8) is 0 Å². The summed E-state index contributed by atoms with van der Waals surface area (Å²) >= 11 is 0. The SMILES string of the molecule is CCCOc1ccc(F)c2c1N(CCCN1CCOCC1)CC(c1ccc(OC)cc1)=C2. The zero-order valence-electron chi connectivity index (χ0n) is 19.1. The number of hydrogen-bond donors (Lipinski definition) is 0. The first-order valence-corrected chi connectivity index (χ1v) is 11.5. The molecule has 0 aromatic heterocycles. The number of morpholine rings is 1. The van der Waals surface area contributed by atoms with Crippen molar-refractivity contribution >= 4 is 17.3 Å². The topological polar surface area (TPSA) is 34.2 Å². The predicted molar refractivity (Wildman–Crippen MR) is 127 cm³/mol. The molecule has 6 heteroatoms. The van der Waals surface area contributed by atoms with Crippen LogP contribution in [0.2, 0.25) is 0 Å². The Labute approximate surface area is 190 Å². The molecule has 0 unspecified atom stereocenters. The zero-order valence-corrected chi connectivity index (χ0v) is 19.1. The number of hydrogen-bond acceptors (Lipinski definition) is 5. The highest BCUT2D eigenvalue weighted by atomic mass is 19.1. The van der Waals surface area contributed by atoms with Gasteiger partial charge in [-0.3, -0.25) is 4.90 Å². The van der Waals surface area contributed by atoms with Gasteiger partial charge >= 0.3 is 0 Å². The van der Waals surface area contributed by atoms with Crippen molar-refractivity contribution in [2.45, 2.75) is 19.8 Å². The number of methoxy groups -OCH3 is 1. The van der Waals surface area contributed by atoms with Crippen LogP contribution in [0.5, 0.6) is 11.5 Å². The van der Waals surface area contributed by atoms with E-state index in [1.807, 2.05) is 30.3 Å². The van der Waals surface area contributed by atoms with Crippen molar-refractivity contribution in [3.05, 3.63) is 53.3 Å². The molecule has 4 rings (SSSR count). The van der Waals surface area contributed by atoms with Crippen LogP contribution in [0.4, 0.5) is 10.1 Å². The molecule has 2 aliphatic heterocycles.